The first-order valence-corrected chi connectivity index (χ1v) is 9.08. The van der Waals surface area contributed by atoms with E-state index in [1.807, 2.05) is 31.2 Å². The number of hydrogen-bond acceptors (Lipinski definition) is 5. The monoisotopic (exact) mass is 383 g/mol. The number of aryl methyl sites for hydroxylation is 1. The van der Waals surface area contributed by atoms with Crippen LogP contribution in [0.4, 0.5) is 10.5 Å². The molecule has 0 radical (unpaired) electrons. The Balaban J connectivity index is 1.80. The van der Waals surface area contributed by atoms with E-state index in [0.29, 0.717) is 5.75 Å². The number of esters is 1. The Bertz CT molecular complexity index is 817. The van der Waals surface area contributed by atoms with Gasteiger partial charge in [0.25, 0.3) is 0 Å². The van der Waals surface area contributed by atoms with Gasteiger partial charge in [-0.15, -0.1) is 0 Å². The molecule has 2 N–H and O–H groups in total. The molecule has 0 atom stereocenters. The Morgan fingerprint density at radius 1 is 1.11 bits per heavy atom. The molecule has 0 aromatic heterocycles. The first-order valence-electron chi connectivity index (χ1n) is 9.08. The van der Waals surface area contributed by atoms with Crippen molar-refractivity contribution in [3.05, 3.63) is 59.7 Å². The molecule has 7 heteroatoms. The third-order valence-corrected chi connectivity index (χ3v) is 3.63. The van der Waals surface area contributed by atoms with Gasteiger partial charge in [-0.05, 0) is 61.7 Å². The summed E-state index contributed by atoms with van der Waals surface area (Å²) in [5, 5.41) is 6.70. The fourth-order valence-corrected chi connectivity index (χ4v) is 2.36. The summed E-state index contributed by atoms with van der Waals surface area (Å²) < 4.78 is 10.4. The number of hydrogen-bond donors (Lipinski definition) is 2. The van der Waals surface area contributed by atoms with E-state index in [9.17, 15) is 9.59 Å². The van der Waals surface area contributed by atoms with Crippen molar-refractivity contribution in [1.29, 1.82) is 0 Å². The highest BCUT2D eigenvalue weighted by molar-refractivity contribution is 5.91. The van der Waals surface area contributed by atoms with E-state index >= 15 is 0 Å². The summed E-state index contributed by atoms with van der Waals surface area (Å²) in [6, 6.07) is 14.1. The molecule has 0 spiro atoms. The topological polar surface area (TPSA) is 89.0 Å². The molecular weight excluding hydrogens is 358 g/mol. The number of ether oxygens (including phenoxy) is 2. The van der Waals surface area contributed by atoms with Crippen LogP contribution in [0.15, 0.2) is 53.6 Å². The number of para-hydroxylation sites is 1. The predicted molar refractivity (Wildman–Crippen MR) is 109 cm³/mol. The lowest BCUT2D eigenvalue weighted by molar-refractivity contribution is -0.149. The zero-order chi connectivity index (χ0) is 20.4. The molecule has 2 rings (SSSR count). The van der Waals surface area contributed by atoms with Crippen molar-refractivity contribution >= 4 is 23.9 Å². The minimum absolute atomic E-state index is 0.146. The van der Waals surface area contributed by atoms with Gasteiger partial charge in [-0.2, -0.15) is 5.10 Å². The van der Waals surface area contributed by atoms with Crippen LogP contribution in [-0.4, -0.2) is 30.9 Å². The molecule has 0 saturated heterocycles. The lowest BCUT2D eigenvalue weighted by atomic mass is 10.1. The highest BCUT2D eigenvalue weighted by Gasteiger charge is 2.06. The van der Waals surface area contributed by atoms with Crippen LogP contribution in [0.25, 0.3) is 0 Å². The summed E-state index contributed by atoms with van der Waals surface area (Å²) in [5.74, 6) is 0.125. The minimum atomic E-state index is -0.416. The Morgan fingerprint density at radius 3 is 2.50 bits per heavy atom. The van der Waals surface area contributed by atoms with Crippen molar-refractivity contribution in [1.82, 2.24) is 5.43 Å². The molecule has 0 saturated carbocycles. The molecule has 0 bridgehead atoms. The van der Waals surface area contributed by atoms with E-state index in [1.165, 1.54) is 6.21 Å². The third kappa shape index (κ3) is 7.11. The minimum Gasteiger partial charge on any atom is -0.482 e. The number of urea groups is 1. The summed E-state index contributed by atoms with van der Waals surface area (Å²) >= 11 is 0. The van der Waals surface area contributed by atoms with Gasteiger partial charge in [-0.3, -0.25) is 0 Å². The zero-order valence-electron chi connectivity index (χ0n) is 16.3. The molecule has 0 heterocycles. The van der Waals surface area contributed by atoms with Crippen LogP contribution in [0.1, 0.15) is 31.9 Å². The van der Waals surface area contributed by atoms with Crippen LogP contribution in [0, 0.1) is 0 Å². The fraction of sp³-hybridized carbons (Fsp3) is 0.286. The number of anilines is 1. The predicted octanol–water partition coefficient (Wildman–Crippen LogP) is 3.74. The second-order valence-electron chi connectivity index (χ2n) is 6.23. The lowest BCUT2D eigenvalue weighted by Gasteiger charge is -2.09. The standard InChI is InChI=1S/C21H25N3O4/c1-4-17-7-5-6-8-19(17)23-21(26)24-22-13-16-9-11-18(12-10-16)27-14-20(25)28-15(2)3/h5-13,15H,4,14H2,1-3H3,(H2,23,24,26)/b22-13+. The van der Waals surface area contributed by atoms with Crippen LogP contribution in [0.2, 0.25) is 0 Å². The van der Waals surface area contributed by atoms with Gasteiger partial charge in [0.15, 0.2) is 6.61 Å². The maximum atomic E-state index is 12.0. The van der Waals surface area contributed by atoms with Gasteiger partial charge in [-0.25, -0.2) is 15.0 Å². The summed E-state index contributed by atoms with van der Waals surface area (Å²) in [6.07, 6.45) is 2.17. The molecule has 0 aliphatic carbocycles. The van der Waals surface area contributed by atoms with E-state index in [-0.39, 0.29) is 12.7 Å². The molecule has 0 fully saturated rings. The number of nitrogens with one attached hydrogen (secondary N) is 2. The van der Waals surface area contributed by atoms with E-state index in [0.717, 1.165) is 23.2 Å². The number of benzene rings is 2. The van der Waals surface area contributed by atoms with Gasteiger partial charge in [-0.1, -0.05) is 25.1 Å². The zero-order valence-corrected chi connectivity index (χ0v) is 16.3. The number of amides is 2. The summed E-state index contributed by atoms with van der Waals surface area (Å²) in [7, 11) is 0. The highest BCUT2D eigenvalue weighted by Crippen LogP contribution is 2.15. The van der Waals surface area contributed by atoms with Crippen molar-refractivity contribution < 1.29 is 19.1 Å². The summed E-state index contributed by atoms with van der Waals surface area (Å²) in [6.45, 7) is 5.44. The van der Waals surface area contributed by atoms with Crippen LogP contribution < -0.4 is 15.5 Å². The van der Waals surface area contributed by atoms with Crippen molar-refractivity contribution in [2.75, 3.05) is 11.9 Å². The van der Waals surface area contributed by atoms with Gasteiger partial charge in [0, 0.05) is 5.69 Å². The van der Waals surface area contributed by atoms with Crippen molar-refractivity contribution in [2.45, 2.75) is 33.3 Å². The molecular formula is C21H25N3O4. The maximum Gasteiger partial charge on any atom is 0.344 e. The Hall–Kier alpha value is -3.35. The van der Waals surface area contributed by atoms with Crippen molar-refractivity contribution in [3.63, 3.8) is 0 Å². The first kappa shape index (κ1) is 21.0. The van der Waals surface area contributed by atoms with E-state index in [2.05, 4.69) is 15.8 Å². The summed E-state index contributed by atoms with van der Waals surface area (Å²) in [5.41, 5.74) is 5.01. The number of hydrazone groups is 1. The highest BCUT2D eigenvalue weighted by atomic mass is 16.6. The quantitative estimate of drug-likeness (QED) is 0.413. The Labute approximate surface area is 164 Å². The largest absolute Gasteiger partial charge is 0.482 e. The summed E-state index contributed by atoms with van der Waals surface area (Å²) in [4.78, 5) is 23.4. The maximum absolute atomic E-state index is 12.0. The molecule has 7 nitrogen and oxygen atoms in total. The van der Waals surface area contributed by atoms with E-state index < -0.39 is 12.0 Å². The van der Waals surface area contributed by atoms with Crippen LogP contribution in [0.5, 0.6) is 5.75 Å². The van der Waals surface area contributed by atoms with Gasteiger partial charge < -0.3 is 14.8 Å². The van der Waals surface area contributed by atoms with Crippen LogP contribution in [-0.2, 0) is 16.0 Å². The van der Waals surface area contributed by atoms with Crippen molar-refractivity contribution in [2.24, 2.45) is 5.10 Å². The van der Waals surface area contributed by atoms with E-state index in [1.54, 1.807) is 38.1 Å². The second kappa shape index (κ2) is 10.7. The van der Waals surface area contributed by atoms with Crippen LogP contribution >= 0.6 is 0 Å². The van der Waals surface area contributed by atoms with E-state index in [4.69, 9.17) is 9.47 Å². The molecule has 0 aliphatic rings. The molecule has 28 heavy (non-hydrogen) atoms. The van der Waals surface area contributed by atoms with Gasteiger partial charge in [0.2, 0.25) is 0 Å². The van der Waals surface area contributed by atoms with Crippen LogP contribution in [0.3, 0.4) is 0 Å². The van der Waals surface area contributed by atoms with Gasteiger partial charge >= 0.3 is 12.0 Å². The van der Waals surface area contributed by atoms with Gasteiger partial charge in [0.05, 0.1) is 12.3 Å². The normalized spacial score (nSPS) is 10.7. The molecule has 2 aromatic carbocycles. The molecule has 148 valence electrons. The fourth-order valence-electron chi connectivity index (χ4n) is 2.36. The molecule has 0 unspecified atom stereocenters. The molecule has 0 aliphatic heterocycles. The Morgan fingerprint density at radius 2 is 1.82 bits per heavy atom. The Kier molecular flexibility index (Phi) is 8.02. The van der Waals surface area contributed by atoms with Crippen molar-refractivity contribution in [3.8, 4) is 5.75 Å². The lowest BCUT2D eigenvalue weighted by Crippen LogP contribution is -2.24. The first-order chi connectivity index (χ1) is 13.5. The van der Waals surface area contributed by atoms with Gasteiger partial charge in [0.1, 0.15) is 5.75 Å². The second-order valence-corrected chi connectivity index (χ2v) is 6.23. The molecule has 2 aromatic rings. The average molecular weight is 383 g/mol. The average Bonchev–Trinajstić information content (AvgIpc) is 2.67. The number of carbonyl (C=O) groups is 2. The SMILES string of the molecule is CCc1ccccc1NC(=O)N/N=C/c1ccc(OCC(=O)OC(C)C)cc1. The number of rotatable bonds is 8. The smallest absolute Gasteiger partial charge is 0.344 e. The molecule has 2 amide bonds. The third-order valence-electron chi connectivity index (χ3n) is 3.63. The number of carbonyl (C=O) groups excluding carboxylic acids is 2. The number of nitrogens with zero attached hydrogens (tertiary/aromatic N) is 1.